The molecule has 1 heterocycles. The van der Waals surface area contributed by atoms with Crippen LogP contribution in [0.4, 0.5) is 0 Å². The molecule has 16 heavy (non-hydrogen) atoms. The molecule has 96 valence electrons. The lowest BCUT2D eigenvalue weighted by Crippen LogP contribution is -2.11. The van der Waals surface area contributed by atoms with Gasteiger partial charge in [-0.2, -0.15) is 0 Å². The fraction of sp³-hybridized carbons (Fsp3) is 1.00. The largest absolute Gasteiger partial charge is 0.373 e. The zero-order valence-corrected chi connectivity index (χ0v) is 11.5. The minimum absolute atomic E-state index is 0.618. The first-order valence-corrected chi connectivity index (χ1v) is 7.35. The highest BCUT2D eigenvalue weighted by Gasteiger charge is 2.27. The van der Waals surface area contributed by atoms with Crippen molar-refractivity contribution in [2.45, 2.75) is 78.2 Å². The third kappa shape index (κ3) is 6.52. The van der Waals surface area contributed by atoms with Crippen LogP contribution < -0.4 is 0 Å². The van der Waals surface area contributed by atoms with Crippen molar-refractivity contribution in [3.63, 3.8) is 0 Å². The lowest BCUT2D eigenvalue weighted by atomic mass is 9.86. The zero-order chi connectivity index (χ0) is 11.8. The van der Waals surface area contributed by atoms with Crippen molar-refractivity contribution < 1.29 is 4.74 Å². The van der Waals surface area contributed by atoms with Gasteiger partial charge in [0.25, 0.3) is 0 Å². The predicted molar refractivity (Wildman–Crippen MR) is 70.7 cm³/mol. The molecule has 0 bridgehead atoms. The summed E-state index contributed by atoms with van der Waals surface area (Å²) in [7, 11) is 0. The van der Waals surface area contributed by atoms with Crippen LogP contribution in [0.2, 0.25) is 0 Å². The number of hydrogen-bond acceptors (Lipinski definition) is 1. The molecule has 0 aromatic carbocycles. The fourth-order valence-electron chi connectivity index (χ4n) is 2.45. The average Bonchev–Trinajstić information content (AvgIpc) is 3.05. The Morgan fingerprint density at radius 3 is 2.25 bits per heavy atom. The van der Waals surface area contributed by atoms with Crippen LogP contribution in [0.25, 0.3) is 0 Å². The van der Waals surface area contributed by atoms with Gasteiger partial charge >= 0.3 is 0 Å². The molecule has 1 saturated heterocycles. The maximum Gasteiger partial charge on any atom is 0.0812 e. The number of hydrogen-bond donors (Lipinski definition) is 0. The van der Waals surface area contributed by atoms with E-state index in [0.29, 0.717) is 6.10 Å². The Labute approximate surface area is 102 Å². The quantitative estimate of drug-likeness (QED) is 0.385. The normalized spacial score (nSPS) is 21.4. The van der Waals surface area contributed by atoms with Crippen LogP contribution in [0.1, 0.15) is 72.1 Å². The maximum atomic E-state index is 5.35. The van der Waals surface area contributed by atoms with Gasteiger partial charge in [-0.05, 0) is 18.3 Å². The summed E-state index contributed by atoms with van der Waals surface area (Å²) in [5.41, 5.74) is 0. The first-order chi connectivity index (χ1) is 7.74. The van der Waals surface area contributed by atoms with Crippen LogP contribution >= 0.6 is 0 Å². The van der Waals surface area contributed by atoms with Gasteiger partial charge < -0.3 is 4.74 Å². The summed E-state index contributed by atoms with van der Waals surface area (Å²) in [6.07, 6.45) is 11.9. The first-order valence-electron chi connectivity index (χ1n) is 7.35. The molecular formula is C15H30O. The molecule has 0 aromatic heterocycles. The van der Waals surface area contributed by atoms with Gasteiger partial charge in [0.2, 0.25) is 0 Å². The second-order valence-electron chi connectivity index (χ2n) is 5.75. The Kier molecular flexibility index (Phi) is 7.11. The van der Waals surface area contributed by atoms with E-state index >= 15 is 0 Å². The molecule has 1 aliphatic rings. The molecule has 0 aromatic rings. The monoisotopic (exact) mass is 226 g/mol. The van der Waals surface area contributed by atoms with E-state index in [2.05, 4.69) is 20.8 Å². The van der Waals surface area contributed by atoms with Gasteiger partial charge in [0.1, 0.15) is 0 Å². The van der Waals surface area contributed by atoms with Crippen molar-refractivity contribution in [2.24, 2.45) is 11.8 Å². The lowest BCUT2D eigenvalue weighted by Gasteiger charge is -2.19. The average molecular weight is 226 g/mol. The van der Waals surface area contributed by atoms with Crippen LogP contribution in [-0.2, 0) is 4.74 Å². The van der Waals surface area contributed by atoms with Crippen LogP contribution in [0.15, 0.2) is 0 Å². The van der Waals surface area contributed by atoms with Crippen LogP contribution in [0, 0.1) is 11.8 Å². The van der Waals surface area contributed by atoms with Gasteiger partial charge in [-0.1, -0.05) is 65.7 Å². The highest BCUT2D eigenvalue weighted by Crippen LogP contribution is 2.29. The molecule has 2 unspecified atom stereocenters. The molecule has 1 heteroatoms. The van der Waals surface area contributed by atoms with E-state index in [9.17, 15) is 0 Å². The highest BCUT2D eigenvalue weighted by molar-refractivity contribution is 4.75. The summed E-state index contributed by atoms with van der Waals surface area (Å²) in [6.45, 7) is 8.04. The second-order valence-corrected chi connectivity index (χ2v) is 5.75. The van der Waals surface area contributed by atoms with Gasteiger partial charge in [-0.15, -0.1) is 0 Å². The number of ether oxygens (including phenoxy) is 1. The van der Waals surface area contributed by atoms with E-state index in [1.165, 1.54) is 51.4 Å². The number of unbranched alkanes of at least 4 members (excludes halogenated alkanes) is 5. The third-order valence-electron chi connectivity index (χ3n) is 3.84. The smallest absolute Gasteiger partial charge is 0.0812 e. The van der Waals surface area contributed by atoms with E-state index in [4.69, 9.17) is 4.74 Å². The van der Waals surface area contributed by atoms with Crippen molar-refractivity contribution in [2.75, 3.05) is 6.61 Å². The Morgan fingerprint density at radius 1 is 1.06 bits per heavy atom. The summed E-state index contributed by atoms with van der Waals surface area (Å²) in [5, 5.41) is 0. The summed E-state index contributed by atoms with van der Waals surface area (Å²) in [6, 6.07) is 0. The molecule has 0 amide bonds. The van der Waals surface area contributed by atoms with Crippen LogP contribution in [-0.4, -0.2) is 12.7 Å². The number of epoxide rings is 1. The van der Waals surface area contributed by atoms with Crippen molar-refractivity contribution in [1.29, 1.82) is 0 Å². The topological polar surface area (TPSA) is 12.5 Å². The zero-order valence-electron chi connectivity index (χ0n) is 11.5. The standard InChI is InChI=1S/C15H30O/c1-4-5-6-7-8-9-10-14(13(2)3)11-15-12-16-15/h13-15H,4-12H2,1-3H3. The highest BCUT2D eigenvalue weighted by atomic mass is 16.6. The van der Waals surface area contributed by atoms with Crippen molar-refractivity contribution in [3.8, 4) is 0 Å². The summed E-state index contributed by atoms with van der Waals surface area (Å²) >= 11 is 0. The summed E-state index contributed by atoms with van der Waals surface area (Å²) in [4.78, 5) is 0. The molecule has 2 atom stereocenters. The van der Waals surface area contributed by atoms with Crippen molar-refractivity contribution in [3.05, 3.63) is 0 Å². The van der Waals surface area contributed by atoms with E-state index in [-0.39, 0.29) is 0 Å². The minimum Gasteiger partial charge on any atom is -0.373 e. The molecule has 0 radical (unpaired) electrons. The van der Waals surface area contributed by atoms with E-state index < -0.39 is 0 Å². The fourth-order valence-corrected chi connectivity index (χ4v) is 2.45. The lowest BCUT2D eigenvalue weighted by molar-refractivity contribution is 0.280. The van der Waals surface area contributed by atoms with Gasteiger partial charge in [-0.3, -0.25) is 0 Å². The Hall–Kier alpha value is -0.0400. The maximum absolute atomic E-state index is 5.35. The Morgan fingerprint density at radius 2 is 1.69 bits per heavy atom. The SMILES string of the molecule is CCCCCCCCC(CC1CO1)C(C)C. The van der Waals surface area contributed by atoms with Gasteiger partial charge in [0.15, 0.2) is 0 Å². The summed E-state index contributed by atoms with van der Waals surface area (Å²) < 4.78 is 5.35. The first kappa shape index (κ1) is 14.0. The molecule has 0 N–H and O–H groups in total. The van der Waals surface area contributed by atoms with Gasteiger partial charge in [-0.25, -0.2) is 0 Å². The molecule has 1 aliphatic heterocycles. The van der Waals surface area contributed by atoms with Gasteiger partial charge in [0, 0.05) is 0 Å². The molecule has 0 spiro atoms. The van der Waals surface area contributed by atoms with E-state index in [1.54, 1.807) is 0 Å². The molecule has 1 rings (SSSR count). The molecular weight excluding hydrogens is 196 g/mol. The van der Waals surface area contributed by atoms with Crippen molar-refractivity contribution in [1.82, 2.24) is 0 Å². The van der Waals surface area contributed by atoms with Crippen molar-refractivity contribution >= 4 is 0 Å². The summed E-state index contributed by atoms with van der Waals surface area (Å²) in [5.74, 6) is 1.73. The van der Waals surface area contributed by atoms with Gasteiger partial charge in [0.05, 0.1) is 12.7 Å². The number of rotatable bonds is 10. The Bertz CT molecular complexity index is 161. The van der Waals surface area contributed by atoms with Crippen LogP contribution in [0.5, 0.6) is 0 Å². The molecule has 1 nitrogen and oxygen atoms in total. The molecule has 0 aliphatic carbocycles. The van der Waals surface area contributed by atoms with E-state index in [1.807, 2.05) is 0 Å². The molecule has 1 fully saturated rings. The van der Waals surface area contributed by atoms with Crippen LogP contribution in [0.3, 0.4) is 0 Å². The second kappa shape index (κ2) is 8.11. The molecule has 0 saturated carbocycles. The van der Waals surface area contributed by atoms with E-state index in [0.717, 1.165) is 18.4 Å². The minimum atomic E-state index is 0.618. The Balaban J connectivity index is 1.98. The third-order valence-corrected chi connectivity index (χ3v) is 3.84. The predicted octanol–water partition coefficient (Wildman–Crippen LogP) is 4.80.